The lowest BCUT2D eigenvalue weighted by atomic mass is 10.0. The highest BCUT2D eigenvalue weighted by Gasteiger charge is 2.36. The van der Waals surface area contributed by atoms with E-state index in [0.29, 0.717) is 5.75 Å². The molecule has 0 spiro atoms. The van der Waals surface area contributed by atoms with Crippen LogP contribution in [0.15, 0.2) is 0 Å². The highest BCUT2D eigenvalue weighted by molar-refractivity contribution is 8.13. The van der Waals surface area contributed by atoms with Gasteiger partial charge in [0.15, 0.2) is 11.4 Å². The van der Waals surface area contributed by atoms with Crippen molar-refractivity contribution in [3.8, 4) is 0 Å². The molecule has 0 aliphatic heterocycles. The summed E-state index contributed by atoms with van der Waals surface area (Å²) in [4.78, 5) is 22.2. The monoisotopic (exact) mass is 190 g/mol. The number of carbonyl (C=O) groups excluding carboxylic acids is 2. The Labute approximate surface area is 76.5 Å². The Morgan fingerprint density at radius 1 is 1.42 bits per heavy atom. The molecular weight excluding hydrogens is 176 g/mol. The summed E-state index contributed by atoms with van der Waals surface area (Å²) in [6.45, 7) is 4.68. The maximum atomic E-state index is 11.2. The van der Waals surface area contributed by atoms with E-state index in [1.54, 1.807) is 13.8 Å². The number of rotatable bonds is 4. The Balaban J connectivity index is 4.38. The highest BCUT2D eigenvalue weighted by atomic mass is 32.2. The maximum Gasteiger partial charge on any atom is 0.227 e. The molecule has 0 fully saturated rings. The van der Waals surface area contributed by atoms with Crippen molar-refractivity contribution in [2.24, 2.45) is 0 Å². The molecule has 0 rings (SSSR count). The van der Waals surface area contributed by atoms with Gasteiger partial charge >= 0.3 is 0 Å². The Hall–Kier alpha value is -0.350. The fourth-order valence-corrected chi connectivity index (χ4v) is 1.39. The highest BCUT2D eigenvalue weighted by Crippen LogP contribution is 2.17. The minimum Gasteiger partial charge on any atom is -0.374 e. The van der Waals surface area contributed by atoms with Crippen molar-refractivity contribution in [3.05, 3.63) is 0 Å². The van der Waals surface area contributed by atoms with Gasteiger partial charge in [-0.25, -0.2) is 0 Å². The van der Waals surface area contributed by atoms with Crippen LogP contribution in [-0.2, 0) is 9.59 Å². The van der Waals surface area contributed by atoms with E-state index in [2.05, 4.69) is 0 Å². The van der Waals surface area contributed by atoms with Crippen molar-refractivity contribution in [2.75, 3.05) is 5.75 Å². The first kappa shape index (κ1) is 11.6. The van der Waals surface area contributed by atoms with Gasteiger partial charge in [0.25, 0.3) is 0 Å². The second kappa shape index (κ2) is 4.62. The molecule has 0 aromatic rings. The second-order valence-corrected chi connectivity index (χ2v) is 3.81. The number of Topliss-reactive ketones (excluding diaryl/α,β-unsaturated/α-hetero) is 1. The first-order valence-electron chi connectivity index (χ1n) is 3.89. The number of carbonyl (C=O) groups is 2. The molecule has 0 radical (unpaired) electrons. The molecule has 0 aromatic carbocycles. The number of aliphatic hydroxyl groups is 1. The fraction of sp³-hybridized carbons (Fsp3) is 0.750. The van der Waals surface area contributed by atoms with Gasteiger partial charge in [-0.3, -0.25) is 9.59 Å². The van der Waals surface area contributed by atoms with Crippen molar-refractivity contribution in [1.82, 2.24) is 0 Å². The van der Waals surface area contributed by atoms with Crippen LogP contribution in [0.2, 0.25) is 0 Å². The normalized spacial score (nSPS) is 15.3. The second-order valence-electron chi connectivity index (χ2n) is 2.57. The predicted octanol–water partition coefficient (Wildman–Crippen LogP) is 0.996. The third-order valence-electron chi connectivity index (χ3n) is 1.54. The molecule has 0 saturated carbocycles. The molecular formula is C8H14O3S. The molecule has 0 aliphatic carbocycles. The van der Waals surface area contributed by atoms with E-state index < -0.39 is 16.5 Å². The Morgan fingerprint density at radius 3 is 2.25 bits per heavy atom. The Kier molecular flexibility index (Phi) is 4.49. The van der Waals surface area contributed by atoms with Gasteiger partial charge in [-0.05, 0) is 12.7 Å². The van der Waals surface area contributed by atoms with Gasteiger partial charge in [-0.1, -0.05) is 25.6 Å². The molecule has 1 atom stereocenters. The SMILES string of the molecule is CCSC(=O)C(C)(O)C(=O)CC. The van der Waals surface area contributed by atoms with Gasteiger partial charge in [0.05, 0.1) is 0 Å². The molecule has 4 heteroatoms. The molecule has 0 heterocycles. The molecule has 12 heavy (non-hydrogen) atoms. The molecule has 70 valence electrons. The summed E-state index contributed by atoms with van der Waals surface area (Å²) >= 11 is 0.972. The van der Waals surface area contributed by atoms with Crippen LogP contribution in [0, 0.1) is 0 Å². The lowest BCUT2D eigenvalue weighted by molar-refractivity contribution is -0.143. The zero-order valence-electron chi connectivity index (χ0n) is 7.59. The summed E-state index contributed by atoms with van der Waals surface area (Å²) in [5.41, 5.74) is -1.80. The third-order valence-corrected chi connectivity index (χ3v) is 2.49. The quantitative estimate of drug-likeness (QED) is 0.672. The van der Waals surface area contributed by atoms with Crippen molar-refractivity contribution >= 4 is 22.7 Å². The minimum absolute atomic E-state index is 0.184. The van der Waals surface area contributed by atoms with E-state index >= 15 is 0 Å². The summed E-state index contributed by atoms with van der Waals surface area (Å²) in [5.74, 6) is 0.153. The molecule has 0 aliphatic rings. The van der Waals surface area contributed by atoms with Crippen LogP contribution in [0.25, 0.3) is 0 Å². The largest absolute Gasteiger partial charge is 0.374 e. The molecule has 0 saturated heterocycles. The van der Waals surface area contributed by atoms with E-state index in [0.717, 1.165) is 11.8 Å². The van der Waals surface area contributed by atoms with Crippen LogP contribution in [-0.4, -0.2) is 27.4 Å². The van der Waals surface area contributed by atoms with Crippen LogP contribution in [0.5, 0.6) is 0 Å². The molecule has 0 amide bonds. The average molecular weight is 190 g/mol. The van der Waals surface area contributed by atoms with Gasteiger partial charge in [0, 0.05) is 6.42 Å². The summed E-state index contributed by atoms with van der Waals surface area (Å²) < 4.78 is 0. The van der Waals surface area contributed by atoms with Crippen molar-refractivity contribution in [2.45, 2.75) is 32.8 Å². The number of ketones is 1. The third kappa shape index (κ3) is 2.60. The van der Waals surface area contributed by atoms with Gasteiger partial charge in [-0.15, -0.1) is 0 Å². The van der Waals surface area contributed by atoms with Gasteiger partial charge in [-0.2, -0.15) is 0 Å². The van der Waals surface area contributed by atoms with E-state index in [9.17, 15) is 14.7 Å². The van der Waals surface area contributed by atoms with Crippen LogP contribution in [0.4, 0.5) is 0 Å². The van der Waals surface area contributed by atoms with E-state index in [-0.39, 0.29) is 6.42 Å². The Bertz CT molecular complexity index is 187. The molecule has 0 bridgehead atoms. The van der Waals surface area contributed by atoms with E-state index in [4.69, 9.17) is 0 Å². The summed E-state index contributed by atoms with van der Waals surface area (Å²) in [6, 6.07) is 0. The average Bonchev–Trinajstić information content (AvgIpc) is 2.03. The van der Waals surface area contributed by atoms with E-state index in [1.165, 1.54) is 6.92 Å². The summed E-state index contributed by atoms with van der Waals surface area (Å²) in [7, 11) is 0. The van der Waals surface area contributed by atoms with E-state index in [1.807, 2.05) is 0 Å². The fourth-order valence-electron chi connectivity index (χ4n) is 0.730. The van der Waals surface area contributed by atoms with Crippen molar-refractivity contribution in [3.63, 3.8) is 0 Å². The van der Waals surface area contributed by atoms with Gasteiger partial charge < -0.3 is 5.11 Å². The van der Waals surface area contributed by atoms with Crippen LogP contribution >= 0.6 is 11.8 Å². The molecule has 1 N–H and O–H groups in total. The minimum atomic E-state index is -1.80. The number of hydrogen-bond donors (Lipinski definition) is 1. The van der Waals surface area contributed by atoms with Gasteiger partial charge in [0.2, 0.25) is 5.12 Å². The number of thioether (sulfide) groups is 1. The maximum absolute atomic E-state index is 11.2. The van der Waals surface area contributed by atoms with Gasteiger partial charge in [0.1, 0.15) is 0 Å². The first-order valence-corrected chi connectivity index (χ1v) is 4.88. The smallest absolute Gasteiger partial charge is 0.227 e. The zero-order valence-corrected chi connectivity index (χ0v) is 8.40. The first-order chi connectivity index (χ1) is 5.46. The lowest BCUT2D eigenvalue weighted by Gasteiger charge is -2.17. The van der Waals surface area contributed by atoms with Crippen LogP contribution in [0.3, 0.4) is 0 Å². The zero-order chi connectivity index (χ0) is 9.78. The summed E-state index contributed by atoms with van der Waals surface area (Å²) in [5, 5.41) is 9.00. The molecule has 1 unspecified atom stereocenters. The van der Waals surface area contributed by atoms with Crippen molar-refractivity contribution < 1.29 is 14.7 Å². The topological polar surface area (TPSA) is 54.4 Å². The van der Waals surface area contributed by atoms with Crippen LogP contribution < -0.4 is 0 Å². The standard InChI is InChI=1S/C8H14O3S/c1-4-6(9)8(3,11)7(10)12-5-2/h11H,4-5H2,1-3H3. The van der Waals surface area contributed by atoms with Crippen LogP contribution in [0.1, 0.15) is 27.2 Å². The van der Waals surface area contributed by atoms with Crippen molar-refractivity contribution in [1.29, 1.82) is 0 Å². The molecule has 0 aromatic heterocycles. The Morgan fingerprint density at radius 2 is 1.92 bits per heavy atom. The summed E-state index contributed by atoms with van der Waals surface area (Å²) in [6.07, 6.45) is 0.184. The predicted molar refractivity (Wildman–Crippen MR) is 49.1 cm³/mol. The number of hydrogen-bond acceptors (Lipinski definition) is 4. The lowest BCUT2D eigenvalue weighted by Crippen LogP contribution is -2.41. The molecule has 3 nitrogen and oxygen atoms in total.